The molecular formula is C10H13NO3. The lowest BCUT2D eigenvalue weighted by Crippen LogP contribution is -2.09. The van der Waals surface area contributed by atoms with Crippen LogP contribution in [0, 0.1) is 6.92 Å². The first-order chi connectivity index (χ1) is 6.61. The number of carbonyl (C=O) groups is 1. The van der Waals surface area contributed by atoms with E-state index in [-0.39, 0.29) is 5.56 Å². The van der Waals surface area contributed by atoms with E-state index in [1.165, 1.54) is 14.2 Å². The van der Waals surface area contributed by atoms with Crippen LogP contribution in [0.3, 0.4) is 0 Å². The molecule has 0 fully saturated rings. The topological polar surface area (TPSA) is 61.5 Å². The summed E-state index contributed by atoms with van der Waals surface area (Å²) in [5.74, 6) is -0.0528. The summed E-state index contributed by atoms with van der Waals surface area (Å²) >= 11 is 0. The van der Waals surface area contributed by atoms with E-state index in [9.17, 15) is 4.79 Å². The Morgan fingerprint density at radius 1 is 1.36 bits per heavy atom. The van der Waals surface area contributed by atoms with Crippen LogP contribution in [0.4, 0.5) is 5.69 Å². The third-order valence-electron chi connectivity index (χ3n) is 2.03. The van der Waals surface area contributed by atoms with Crippen molar-refractivity contribution in [3.63, 3.8) is 0 Å². The number of methoxy groups -OCH3 is 2. The van der Waals surface area contributed by atoms with Gasteiger partial charge in [-0.1, -0.05) is 6.07 Å². The number of rotatable bonds is 2. The van der Waals surface area contributed by atoms with Crippen molar-refractivity contribution >= 4 is 11.7 Å². The Morgan fingerprint density at radius 2 is 2.00 bits per heavy atom. The number of aryl methyl sites for hydroxylation is 1. The molecule has 0 saturated heterocycles. The van der Waals surface area contributed by atoms with Crippen molar-refractivity contribution in [1.82, 2.24) is 0 Å². The van der Waals surface area contributed by atoms with Gasteiger partial charge in [-0.05, 0) is 18.6 Å². The molecule has 0 amide bonds. The number of nitrogen functional groups attached to an aromatic ring is 1. The fourth-order valence-electron chi connectivity index (χ4n) is 1.19. The van der Waals surface area contributed by atoms with Crippen LogP contribution in [0.1, 0.15) is 15.9 Å². The molecule has 0 unspecified atom stereocenters. The van der Waals surface area contributed by atoms with E-state index in [4.69, 9.17) is 10.5 Å². The van der Waals surface area contributed by atoms with Gasteiger partial charge in [-0.15, -0.1) is 0 Å². The molecule has 0 saturated carbocycles. The van der Waals surface area contributed by atoms with Crippen LogP contribution in [0.5, 0.6) is 5.75 Å². The van der Waals surface area contributed by atoms with E-state index in [0.29, 0.717) is 11.4 Å². The third-order valence-corrected chi connectivity index (χ3v) is 2.03. The predicted octanol–water partition coefficient (Wildman–Crippen LogP) is 1.37. The van der Waals surface area contributed by atoms with Crippen LogP contribution in [-0.4, -0.2) is 20.2 Å². The van der Waals surface area contributed by atoms with Gasteiger partial charge in [-0.2, -0.15) is 0 Å². The van der Waals surface area contributed by atoms with Crippen molar-refractivity contribution in [2.75, 3.05) is 20.0 Å². The minimum absolute atomic E-state index is 0.287. The molecule has 0 aliphatic heterocycles. The van der Waals surface area contributed by atoms with E-state index in [2.05, 4.69) is 4.74 Å². The Bertz CT molecular complexity index is 361. The summed E-state index contributed by atoms with van der Waals surface area (Å²) in [4.78, 5) is 11.4. The Hall–Kier alpha value is -1.71. The Kier molecular flexibility index (Phi) is 2.96. The van der Waals surface area contributed by atoms with Gasteiger partial charge >= 0.3 is 5.97 Å². The van der Waals surface area contributed by atoms with Crippen LogP contribution in [0.25, 0.3) is 0 Å². The average molecular weight is 195 g/mol. The summed E-state index contributed by atoms with van der Waals surface area (Å²) in [6.07, 6.45) is 0. The lowest BCUT2D eigenvalue weighted by Gasteiger charge is -2.11. The molecule has 1 aromatic rings. The zero-order valence-electron chi connectivity index (χ0n) is 8.46. The second-order valence-corrected chi connectivity index (χ2v) is 2.86. The number of ether oxygens (including phenoxy) is 2. The first-order valence-electron chi connectivity index (χ1n) is 4.13. The number of carbonyl (C=O) groups excluding carboxylic acids is 1. The highest BCUT2D eigenvalue weighted by atomic mass is 16.5. The monoisotopic (exact) mass is 195 g/mol. The second-order valence-electron chi connectivity index (χ2n) is 2.86. The summed E-state index contributed by atoms with van der Waals surface area (Å²) in [7, 11) is 2.79. The molecule has 0 atom stereocenters. The van der Waals surface area contributed by atoms with Crippen LogP contribution in [0.15, 0.2) is 12.1 Å². The number of anilines is 1. The van der Waals surface area contributed by atoms with Gasteiger partial charge in [0.25, 0.3) is 0 Å². The van der Waals surface area contributed by atoms with E-state index in [0.717, 1.165) is 5.56 Å². The van der Waals surface area contributed by atoms with Crippen molar-refractivity contribution in [2.24, 2.45) is 0 Å². The van der Waals surface area contributed by atoms with Crippen LogP contribution >= 0.6 is 0 Å². The Labute approximate surface area is 82.6 Å². The quantitative estimate of drug-likeness (QED) is 0.572. The van der Waals surface area contributed by atoms with Gasteiger partial charge in [-0.25, -0.2) is 4.79 Å². The van der Waals surface area contributed by atoms with Crippen LogP contribution in [0.2, 0.25) is 0 Å². The van der Waals surface area contributed by atoms with E-state index in [1.807, 2.05) is 6.92 Å². The molecule has 0 radical (unpaired) electrons. The van der Waals surface area contributed by atoms with Crippen molar-refractivity contribution in [3.8, 4) is 5.75 Å². The zero-order chi connectivity index (χ0) is 10.7. The van der Waals surface area contributed by atoms with Gasteiger partial charge in [0.2, 0.25) is 0 Å². The maximum absolute atomic E-state index is 11.4. The van der Waals surface area contributed by atoms with Crippen molar-refractivity contribution in [2.45, 2.75) is 6.92 Å². The minimum Gasteiger partial charge on any atom is -0.496 e. The van der Waals surface area contributed by atoms with Gasteiger partial charge in [0.05, 0.1) is 19.9 Å². The highest BCUT2D eigenvalue weighted by Crippen LogP contribution is 2.27. The number of hydrogen-bond donors (Lipinski definition) is 1. The van der Waals surface area contributed by atoms with E-state index in [1.54, 1.807) is 12.1 Å². The van der Waals surface area contributed by atoms with Gasteiger partial charge in [0, 0.05) is 0 Å². The van der Waals surface area contributed by atoms with Gasteiger partial charge < -0.3 is 15.2 Å². The summed E-state index contributed by atoms with van der Waals surface area (Å²) in [5, 5.41) is 0. The van der Waals surface area contributed by atoms with Crippen molar-refractivity contribution in [1.29, 1.82) is 0 Å². The molecular weight excluding hydrogens is 182 g/mol. The van der Waals surface area contributed by atoms with Gasteiger partial charge in [-0.3, -0.25) is 0 Å². The fraction of sp³-hybridized carbons (Fsp3) is 0.300. The SMILES string of the molecule is COC(=O)c1c(OC)ccc(C)c1N. The van der Waals surface area contributed by atoms with Crippen molar-refractivity contribution < 1.29 is 14.3 Å². The number of benzene rings is 1. The first-order valence-corrected chi connectivity index (χ1v) is 4.13. The number of hydrogen-bond acceptors (Lipinski definition) is 4. The largest absolute Gasteiger partial charge is 0.496 e. The molecule has 0 heterocycles. The lowest BCUT2D eigenvalue weighted by molar-refractivity contribution is 0.0598. The molecule has 0 aromatic heterocycles. The summed E-state index contributed by atoms with van der Waals surface area (Å²) < 4.78 is 9.64. The number of esters is 1. The molecule has 14 heavy (non-hydrogen) atoms. The molecule has 0 bridgehead atoms. The summed E-state index contributed by atoms with van der Waals surface area (Å²) in [6, 6.07) is 3.48. The molecule has 76 valence electrons. The Balaban J connectivity index is 3.35. The maximum Gasteiger partial charge on any atom is 0.343 e. The molecule has 0 aliphatic rings. The highest BCUT2D eigenvalue weighted by Gasteiger charge is 2.17. The minimum atomic E-state index is -0.483. The fourth-order valence-corrected chi connectivity index (χ4v) is 1.19. The van der Waals surface area contributed by atoms with Gasteiger partial charge in [0.15, 0.2) is 0 Å². The predicted molar refractivity (Wildman–Crippen MR) is 53.5 cm³/mol. The van der Waals surface area contributed by atoms with Crippen LogP contribution in [-0.2, 0) is 4.74 Å². The molecule has 1 rings (SSSR count). The standard InChI is InChI=1S/C10H13NO3/c1-6-4-5-7(13-2)8(9(6)11)10(12)14-3/h4-5H,11H2,1-3H3. The average Bonchev–Trinajstić information content (AvgIpc) is 2.20. The van der Waals surface area contributed by atoms with Crippen molar-refractivity contribution in [3.05, 3.63) is 23.3 Å². The zero-order valence-corrected chi connectivity index (χ0v) is 8.46. The van der Waals surface area contributed by atoms with E-state index < -0.39 is 5.97 Å². The maximum atomic E-state index is 11.4. The first kappa shape index (κ1) is 10.4. The molecule has 1 aromatic carbocycles. The normalized spacial score (nSPS) is 9.64. The van der Waals surface area contributed by atoms with Gasteiger partial charge in [0.1, 0.15) is 11.3 Å². The van der Waals surface area contributed by atoms with Crippen LogP contribution < -0.4 is 10.5 Å². The smallest absolute Gasteiger partial charge is 0.343 e. The third kappa shape index (κ3) is 1.64. The second kappa shape index (κ2) is 4.00. The molecule has 2 N–H and O–H groups in total. The number of nitrogens with two attached hydrogens (primary N) is 1. The van der Waals surface area contributed by atoms with E-state index >= 15 is 0 Å². The Morgan fingerprint density at radius 3 is 2.50 bits per heavy atom. The molecule has 4 heteroatoms. The summed E-state index contributed by atoms with van der Waals surface area (Å²) in [5.41, 5.74) is 7.27. The lowest BCUT2D eigenvalue weighted by atomic mass is 10.1. The molecule has 0 spiro atoms. The molecule has 0 aliphatic carbocycles. The molecule has 4 nitrogen and oxygen atoms in total. The summed E-state index contributed by atoms with van der Waals surface area (Å²) in [6.45, 7) is 1.82. The highest BCUT2D eigenvalue weighted by molar-refractivity contribution is 5.98.